The van der Waals surface area contributed by atoms with Gasteiger partial charge in [-0.3, -0.25) is 0 Å². The summed E-state index contributed by atoms with van der Waals surface area (Å²) in [5.74, 6) is 1.99. The van der Waals surface area contributed by atoms with E-state index in [1.165, 1.54) is 43.8 Å². The lowest BCUT2D eigenvalue weighted by Crippen LogP contribution is -2.21. The van der Waals surface area contributed by atoms with E-state index in [9.17, 15) is 0 Å². The van der Waals surface area contributed by atoms with Crippen LogP contribution in [0.25, 0.3) is 32.7 Å². The van der Waals surface area contributed by atoms with Crippen LogP contribution in [0, 0.1) is 5.41 Å². The van der Waals surface area contributed by atoms with E-state index >= 15 is 0 Å². The average molecular weight is 461 g/mol. The third-order valence-electron chi connectivity index (χ3n) is 7.19. The number of rotatable bonds is 4. The molecule has 0 bridgehead atoms. The molecule has 2 heteroatoms. The van der Waals surface area contributed by atoms with Crippen LogP contribution in [0.5, 0.6) is 11.5 Å². The van der Waals surface area contributed by atoms with Crippen LogP contribution in [0.1, 0.15) is 38.8 Å². The molecule has 0 radical (unpaired) electrons. The molecule has 0 N–H and O–H groups in total. The van der Waals surface area contributed by atoms with Gasteiger partial charge in [-0.1, -0.05) is 72.8 Å². The Labute approximate surface area is 207 Å². The van der Waals surface area contributed by atoms with Gasteiger partial charge in [0.05, 0.1) is 12.2 Å². The summed E-state index contributed by atoms with van der Waals surface area (Å²) < 4.78 is 13.0. The molecule has 0 aromatic heterocycles. The molecule has 0 fully saturated rings. The standard InChI is InChI=1S/C33H32O2/c1-21(2)34-29-17-23-11-5-7-13-25(23)31-27(29)19-33(15-9-10-16-33)20-28-30(35-22(3)4)18-24-12-6-8-14-26(24)32(28)31/h5-18,21-22H,19-20H2,1-4H3. The van der Waals surface area contributed by atoms with Crippen LogP contribution in [0.15, 0.2) is 85.0 Å². The molecular formula is C33H32O2. The molecule has 6 rings (SSSR count). The molecule has 2 aliphatic carbocycles. The predicted octanol–water partition coefficient (Wildman–Crippen LogP) is 8.45. The molecule has 35 heavy (non-hydrogen) atoms. The number of hydrogen-bond donors (Lipinski definition) is 0. The Morgan fingerprint density at radius 3 is 1.49 bits per heavy atom. The summed E-state index contributed by atoms with van der Waals surface area (Å²) in [5.41, 5.74) is 5.07. The average Bonchev–Trinajstić information content (AvgIpc) is 3.21. The lowest BCUT2D eigenvalue weighted by molar-refractivity contribution is 0.237. The highest BCUT2D eigenvalue weighted by atomic mass is 16.5. The fraction of sp³-hybridized carbons (Fsp3) is 0.273. The Bertz CT molecular complexity index is 1390. The highest BCUT2D eigenvalue weighted by Crippen LogP contribution is 2.53. The highest BCUT2D eigenvalue weighted by Gasteiger charge is 2.37. The molecule has 0 aliphatic heterocycles. The van der Waals surface area contributed by atoms with Gasteiger partial charge in [0.15, 0.2) is 0 Å². The smallest absolute Gasteiger partial charge is 0.124 e. The minimum Gasteiger partial charge on any atom is -0.491 e. The number of allylic oxidation sites excluding steroid dienone is 4. The first-order chi connectivity index (χ1) is 16.9. The van der Waals surface area contributed by atoms with Gasteiger partial charge in [0.1, 0.15) is 11.5 Å². The Hall–Kier alpha value is -3.52. The summed E-state index contributed by atoms with van der Waals surface area (Å²) in [7, 11) is 0. The minimum atomic E-state index is -0.102. The maximum absolute atomic E-state index is 6.52. The van der Waals surface area contributed by atoms with Gasteiger partial charge in [-0.25, -0.2) is 0 Å². The zero-order valence-electron chi connectivity index (χ0n) is 21.0. The quantitative estimate of drug-likeness (QED) is 0.304. The molecule has 4 aromatic rings. The Morgan fingerprint density at radius 1 is 0.629 bits per heavy atom. The second-order valence-electron chi connectivity index (χ2n) is 10.5. The zero-order chi connectivity index (χ0) is 24.2. The van der Waals surface area contributed by atoms with Crippen LogP contribution in [0.2, 0.25) is 0 Å². The molecule has 4 aromatic carbocycles. The van der Waals surface area contributed by atoms with Gasteiger partial charge in [-0.15, -0.1) is 0 Å². The van der Waals surface area contributed by atoms with E-state index in [4.69, 9.17) is 9.47 Å². The molecule has 0 amide bonds. The van der Waals surface area contributed by atoms with E-state index in [0.717, 1.165) is 24.3 Å². The van der Waals surface area contributed by atoms with E-state index < -0.39 is 0 Å². The molecule has 0 saturated heterocycles. The lowest BCUT2D eigenvalue weighted by Gasteiger charge is -2.27. The van der Waals surface area contributed by atoms with Crippen molar-refractivity contribution in [3.63, 3.8) is 0 Å². The first kappa shape index (κ1) is 22.0. The summed E-state index contributed by atoms with van der Waals surface area (Å²) in [6.45, 7) is 8.45. The third kappa shape index (κ3) is 3.72. The zero-order valence-corrected chi connectivity index (χ0v) is 21.0. The van der Waals surface area contributed by atoms with Crippen LogP contribution in [-0.4, -0.2) is 12.2 Å². The van der Waals surface area contributed by atoms with Crippen molar-refractivity contribution in [3.8, 4) is 22.6 Å². The summed E-state index contributed by atoms with van der Waals surface area (Å²) in [6, 6.07) is 22.0. The number of ether oxygens (including phenoxy) is 2. The molecule has 0 atom stereocenters. The SMILES string of the molecule is CC(C)Oc1cc2ccccc2c2c1CC1(C=CC=C1)Cc1c(OC(C)C)cc3ccccc3c1-2. The molecule has 2 aliphatic rings. The summed E-state index contributed by atoms with van der Waals surface area (Å²) in [5, 5.41) is 4.96. The number of hydrogen-bond acceptors (Lipinski definition) is 2. The highest BCUT2D eigenvalue weighted by molar-refractivity contribution is 6.10. The number of benzene rings is 4. The Morgan fingerprint density at radius 2 is 1.06 bits per heavy atom. The van der Waals surface area contributed by atoms with Crippen molar-refractivity contribution >= 4 is 21.5 Å². The first-order valence-electron chi connectivity index (χ1n) is 12.7. The molecular weight excluding hydrogens is 428 g/mol. The van der Waals surface area contributed by atoms with Crippen molar-refractivity contribution in [1.82, 2.24) is 0 Å². The monoisotopic (exact) mass is 460 g/mol. The molecule has 1 spiro atoms. The van der Waals surface area contributed by atoms with Crippen LogP contribution < -0.4 is 9.47 Å². The number of fused-ring (bicyclic) bond motifs is 7. The van der Waals surface area contributed by atoms with Crippen molar-refractivity contribution in [2.24, 2.45) is 5.41 Å². The van der Waals surface area contributed by atoms with Crippen molar-refractivity contribution in [3.05, 3.63) is 96.1 Å². The first-order valence-corrected chi connectivity index (χ1v) is 12.7. The molecule has 0 saturated carbocycles. The fourth-order valence-corrected chi connectivity index (χ4v) is 5.88. The van der Waals surface area contributed by atoms with Crippen LogP contribution in [0.3, 0.4) is 0 Å². The molecule has 0 unspecified atom stereocenters. The lowest BCUT2D eigenvalue weighted by atomic mass is 9.79. The topological polar surface area (TPSA) is 18.5 Å². The van der Waals surface area contributed by atoms with Crippen molar-refractivity contribution in [1.29, 1.82) is 0 Å². The second kappa shape index (κ2) is 8.30. The van der Waals surface area contributed by atoms with E-state index in [1.54, 1.807) is 0 Å². The molecule has 0 heterocycles. The molecule has 2 nitrogen and oxygen atoms in total. The molecule has 176 valence electrons. The van der Waals surface area contributed by atoms with Gasteiger partial charge in [0.2, 0.25) is 0 Å². The van der Waals surface area contributed by atoms with Gasteiger partial charge in [-0.2, -0.15) is 0 Å². The van der Waals surface area contributed by atoms with Crippen LogP contribution >= 0.6 is 0 Å². The Kier molecular flexibility index (Phi) is 5.21. The van der Waals surface area contributed by atoms with Crippen molar-refractivity contribution in [2.45, 2.75) is 52.7 Å². The second-order valence-corrected chi connectivity index (χ2v) is 10.5. The van der Waals surface area contributed by atoms with Gasteiger partial charge in [-0.05, 0) is 85.3 Å². The van der Waals surface area contributed by atoms with E-state index in [-0.39, 0.29) is 17.6 Å². The van der Waals surface area contributed by atoms with Crippen molar-refractivity contribution in [2.75, 3.05) is 0 Å². The fourth-order valence-electron chi connectivity index (χ4n) is 5.88. The predicted molar refractivity (Wildman–Crippen MR) is 147 cm³/mol. The van der Waals surface area contributed by atoms with Crippen LogP contribution in [-0.2, 0) is 12.8 Å². The van der Waals surface area contributed by atoms with Gasteiger partial charge in [0.25, 0.3) is 0 Å². The summed E-state index contributed by atoms with van der Waals surface area (Å²) in [6.07, 6.45) is 11.1. The summed E-state index contributed by atoms with van der Waals surface area (Å²) >= 11 is 0. The van der Waals surface area contributed by atoms with E-state index in [2.05, 4.69) is 113 Å². The maximum atomic E-state index is 6.52. The van der Waals surface area contributed by atoms with Gasteiger partial charge >= 0.3 is 0 Å². The van der Waals surface area contributed by atoms with E-state index in [0.29, 0.717) is 0 Å². The van der Waals surface area contributed by atoms with Gasteiger partial charge in [0, 0.05) is 16.5 Å². The van der Waals surface area contributed by atoms with Gasteiger partial charge < -0.3 is 9.47 Å². The largest absolute Gasteiger partial charge is 0.491 e. The normalized spacial score (nSPS) is 15.7. The Balaban J connectivity index is 1.81. The minimum absolute atomic E-state index is 0.0981. The third-order valence-corrected chi connectivity index (χ3v) is 7.19. The van der Waals surface area contributed by atoms with Crippen molar-refractivity contribution < 1.29 is 9.47 Å². The van der Waals surface area contributed by atoms with E-state index in [1.807, 2.05) is 0 Å². The summed E-state index contributed by atoms with van der Waals surface area (Å²) in [4.78, 5) is 0. The maximum Gasteiger partial charge on any atom is 0.124 e. The van der Waals surface area contributed by atoms with Crippen LogP contribution in [0.4, 0.5) is 0 Å².